The van der Waals surface area contributed by atoms with Gasteiger partial charge in [-0.2, -0.15) is 10.2 Å². The highest BCUT2D eigenvalue weighted by molar-refractivity contribution is 6.30. The van der Waals surface area contributed by atoms with E-state index in [2.05, 4.69) is 21.2 Å². The van der Waals surface area contributed by atoms with E-state index in [9.17, 15) is 0 Å². The van der Waals surface area contributed by atoms with E-state index in [1.165, 1.54) is 6.20 Å². The van der Waals surface area contributed by atoms with Crippen molar-refractivity contribution in [2.75, 3.05) is 0 Å². The molecule has 0 aliphatic heterocycles. The normalized spacial score (nSPS) is 10.1. The fourth-order valence-electron chi connectivity index (χ4n) is 1.29. The van der Waals surface area contributed by atoms with Crippen LogP contribution in [0.1, 0.15) is 18.7 Å². The Hall–Kier alpha value is -1.93. The van der Waals surface area contributed by atoms with Crippen LogP contribution in [0.25, 0.3) is 11.5 Å². The van der Waals surface area contributed by atoms with E-state index in [0.29, 0.717) is 41.7 Å². The molecule has 0 aromatic carbocycles. The van der Waals surface area contributed by atoms with Crippen LogP contribution in [0.3, 0.4) is 0 Å². The fourth-order valence-corrected chi connectivity index (χ4v) is 1.40. The molecule has 5 nitrogen and oxygen atoms in total. The number of unbranched alkanes of at least 4 members (excludes halogenated alkanes) is 1. The molecule has 0 amide bonds. The van der Waals surface area contributed by atoms with Crippen molar-refractivity contribution in [3.63, 3.8) is 0 Å². The molecule has 0 fully saturated rings. The fraction of sp³-hybridized carbons (Fsp3) is 0.273. The van der Waals surface area contributed by atoms with Gasteiger partial charge in [0.25, 0.3) is 0 Å². The van der Waals surface area contributed by atoms with Gasteiger partial charge in [-0.05, 0) is 18.6 Å². The van der Waals surface area contributed by atoms with Crippen molar-refractivity contribution in [1.82, 2.24) is 15.1 Å². The molecule has 0 N–H and O–H groups in total. The van der Waals surface area contributed by atoms with Gasteiger partial charge < -0.3 is 4.52 Å². The number of hydrogen-bond acceptors (Lipinski definition) is 5. The molecule has 6 heteroatoms. The van der Waals surface area contributed by atoms with Crippen LogP contribution in [0.2, 0.25) is 5.02 Å². The third-order valence-corrected chi connectivity index (χ3v) is 2.33. The molecule has 2 rings (SSSR count). The second-order valence-electron chi connectivity index (χ2n) is 3.39. The molecule has 0 aliphatic rings. The molecule has 0 aliphatic carbocycles. The summed E-state index contributed by atoms with van der Waals surface area (Å²) in [7, 11) is 0. The zero-order chi connectivity index (χ0) is 12.1. The standard InChI is InChI=1S/C11H9ClN4O/c12-8-4-5-9(14-7-8)11-15-10(17-16-11)3-1-2-6-13/h4-5,7H,1-3H2. The van der Waals surface area contributed by atoms with Crippen LogP contribution in [0.5, 0.6) is 0 Å². The van der Waals surface area contributed by atoms with E-state index in [1.807, 2.05) is 0 Å². The highest BCUT2D eigenvalue weighted by Crippen LogP contribution is 2.16. The van der Waals surface area contributed by atoms with Gasteiger partial charge in [0.2, 0.25) is 11.7 Å². The molecule has 0 bridgehead atoms. The zero-order valence-corrected chi connectivity index (χ0v) is 9.68. The van der Waals surface area contributed by atoms with E-state index in [1.54, 1.807) is 12.1 Å². The molecular formula is C11H9ClN4O. The first kappa shape index (κ1) is 11.6. The highest BCUT2D eigenvalue weighted by Gasteiger charge is 2.09. The zero-order valence-electron chi connectivity index (χ0n) is 8.93. The van der Waals surface area contributed by atoms with Crippen molar-refractivity contribution >= 4 is 11.6 Å². The summed E-state index contributed by atoms with van der Waals surface area (Å²) in [5.41, 5.74) is 0.615. The van der Waals surface area contributed by atoms with Crippen LogP contribution in [0.4, 0.5) is 0 Å². The third-order valence-electron chi connectivity index (χ3n) is 2.10. The molecule has 0 saturated heterocycles. The van der Waals surface area contributed by atoms with Crippen LogP contribution in [0, 0.1) is 11.3 Å². The highest BCUT2D eigenvalue weighted by atomic mass is 35.5. The summed E-state index contributed by atoms with van der Waals surface area (Å²) in [6.07, 6.45) is 3.33. The lowest BCUT2D eigenvalue weighted by Gasteiger charge is -1.92. The Morgan fingerprint density at radius 3 is 3.00 bits per heavy atom. The van der Waals surface area contributed by atoms with Crippen LogP contribution < -0.4 is 0 Å². The molecule has 2 heterocycles. The first-order valence-electron chi connectivity index (χ1n) is 5.11. The van der Waals surface area contributed by atoms with Crippen molar-refractivity contribution in [2.24, 2.45) is 0 Å². The number of rotatable bonds is 4. The minimum atomic E-state index is 0.439. The summed E-state index contributed by atoms with van der Waals surface area (Å²) in [5, 5.41) is 12.8. The molecule has 0 spiro atoms. The largest absolute Gasteiger partial charge is 0.339 e. The van der Waals surface area contributed by atoms with Crippen molar-refractivity contribution in [1.29, 1.82) is 5.26 Å². The van der Waals surface area contributed by atoms with Gasteiger partial charge in [-0.15, -0.1) is 0 Å². The predicted molar refractivity (Wildman–Crippen MR) is 61.1 cm³/mol. The van der Waals surface area contributed by atoms with Gasteiger partial charge in [0.1, 0.15) is 5.69 Å². The topological polar surface area (TPSA) is 75.6 Å². The second kappa shape index (κ2) is 5.41. The van der Waals surface area contributed by atoms with Crippen molar-refractivity contribution < 1.29 is 4.52 Å². The van der Waals surface area contributed by atoms with Gasteiger partial charge in [0, 0.05) is 19.0 Å². The molecule has 17 heavy (non-hydrogen) atoms. The smallest absolute Gasteiger partial charge is 0.227 e. The van der Waals surface area contributed by atoms with Crippen molar-refractivity contribution in [2.45, 2.75) is 19.3 Å². The van der Waals surface area contributed by atoms with E-state index < -0.39 is 0 Å². The maximum Gasteiger partial charge on any atom is 0.227 e. The van der Waals surface area contributed by atoms with Crippen molar-refractivity contribution in [3.8, 4) is 17.6 Å². The summed E-state index contributed by atoms with van der Waals surface area (Å²) < 4.78 is 5.05. The maximum absolute atomic E-state index is 8.41. The summed E-state index contributed by atoms with van der Waals surface area (Å²) in [6, 6.07) is 5.51. The van der Waals surface area contributed by atoms with Gasteiger partial charge in [-0.25, -0.2) is 0 Å². The third kappa shape index (κ3) is 3.02. The minimum absolute atomic E-state index is 0.439. The Balaban J connectivity index is 2.08. The van der Waals surface area contributed by atoms with Crippen LogP contribution in [-0.4, -0.2) is 15.1 Å². The van der Waals surface area contributed by atoms with Crippen LogP contribution in [0.15, 0.2) is 22.9 Å². The molecular weight excluding hydrogens is 240 g/mol. The molecule has 86 valence electrons. The Labute approximate surface area is 103 Å². The van der Waals surface area contributed by atoms with Gasteiger partial charge in [0.15, 0.2) is 0 Å². The lowest BCUT2D eigenvalue weighted by Crippen LogP contribution is -1.87. The maximum atomic E-state index is 8.41. The van der Waals surface area contributed by atoms with E-state index in [4.69, 9.17) is 21.4 Å². The van der Waals surface area contributed by atoms with Gasteiger partial charge >= 0.3 is 0 Å². The van der Waals surface area contributed by atoms with Gasteiger partial charge in [-0.3, -0.25) is 4.98 Å². The number of nitrogens with zero attached hydrogens (tertiary/aromatic N) is 4. The lowest BCUT2D eigenvalue weighted by molar-refractivity contribution is 0.376. The Kier molecular flexibility index (Phi) is 3.68. The number of nitriles is 1. The van der Waals surface area contributed by atoms with E-state index in [-0.39, 0.29) is 0 Å². The average molecular weight is 249 g/mol. The lowest BCUT2D eigenvalue weighted by atomic mass is 10.2. The number of aromatic nitrogens is 3. The number of aryl methyl sites for hydroxylation is 1. The summed E-state index contributed by atoms with van der Waals surface area (Å²) in [4.78, 5) is 8.28. The number of pyridine rings is 1. The summed E-state index contributed by atoms with van der Waals surface area (Å²) in [5.74, 6) is 0.959. The molecule has 0 atom stereocenters. The summed E-state index contributed by atoms with van der Waals surface area (Å²) in [6.45, 7) is 0. The van der Waals surface area contributed by atoms with Crippen LogP contribution >= 0.6 is 11.6 Å². The minimum Gasteiger partial charge on any atom is -0.339 e. The Morgan fingerprint density at radius 2 is 2.29 bits per heavy atom. The second-order valence-corrected chi connectivity index (χ2v) is 3.82. The molecule has 0 radical (unpaired) electrons. The SMILES string of the molecule is N#CCCCc1nc(-c2ccc(Cl)cn2)no1. The average Bonchev–Trinajstić information content (AvgIpc) is 2.79. The van der Waals surface area contributed by atoms with Gasteiger partial charge in [-0.1, -0.05) is 16.8 Å². The number of halogens is 1. The predicted octanol–water partition coefficient (Wildman–Crippen LogP) is 2.63. The Morgan fingerprint density at radius 1 is 1.41 bits per heavy atom. The van der Waals surface area contributed by atoms with E-state index >= 15 is 0 Å². The monoisotopic (exact) mass is 248 g/mol. The molecule has 2 aromatic heterocycles. The van der Waals surface area contributed by atoms with Crippen molar-refractivity contribution in [3.05, 3.63) is 29.2 Å². The Bertz CT molecular complexity index is 529. The molecule has 0 saturated carbocycles. The quantitative estimate of drug-likeness (QED) is 0.778. The first-order chi connectivity index (χ1) is 8.29. The van der Waals surface area contributed by atoms with Crippen LogP contribution in [-0.2, 0) is 6.42 Å². The number of hydrogen-bond donors (Lipinski definition) is 0. The van der Waals surface area contributed by atoms with E-state index in [0.717, 1.165) is 0 Å². The molecule has 0 unspecified atom stereocenters. The molecule has 2 aromatic rings. The summed E-state index contributed by atoms with van der Waals surface area (Å²) >= 11 is 5.73. The van der Waals surface area contributed by atoms with Gasteiger partial charge in [0.05, 0.1) is 11.1 Å². The first-order valence-corrected chi connectivity index (χ1v) is 5.49.